The minimum absolute atomic E-state index is 0.196. The van der Waals surface area contributed by atoms with E-state index in [4.69, 9.17) is 0 Å². The highest BCUT2D eigenvalue weighted by Crippen LogP contribution is 2.46. The third kappa shape index (κ3) is 2.97. The summed E-state index contributed by atoms with van der Waals surface area (Å²) in [5.74, 6) is 0.460. The lowest BCUT2D eigenvalue weighted by atomic mass is 9.83. The van der Waals surface area contributed by atoms with Gasteiger partial charge < -0.3 is 10.0 Å². The Morgan fingerprint density at radius 3 is 2.43 bits per heavy atom. The molecule has 0 aliphatic carbocycles. The number of rotatable bonds is 2. The van der Waals surface area contributed by atoms with E-state index in [1.54, 1.807) is 4.90 Å². The van der Waals surface area contributed by atoms with Gasteiger partial charge in [0.15, 0.2) is 0 Å². The highest BCUT2D eigenvalue weighted by Gasteiger charge is 2.52. The average Bonchev–Trinajstić information content (AvgIpc) is 3.04. The fourth-order valence-electron chi connectivity index (χ4n) is 4.48. The van der Waals surface area contributed by atoms with Crippen molar-refractivity contribution in [3.63, 3.8) is 0 Å². The molecule has 0 aromatic heterocycles. The number of nitrogens with zero attached hydrogens (tertiary/aromatic N) is 2. The van der Waals surface area contributed by atoms with Gasteiger partial charge in [-0.05, 0) is 30.2 Å². The van der Waals surface area contributed by atoms with Crippen molar-refractivity contribution in [1.29, 1.82) is 0 Å². The summed E-state index contributed by atoms with van der Waals surface area (Å²) < 4.78 is 0. The van der Waals surface area contributed by atoms with Gasteiger partial charge in [-0.1, -0.05) is 51.1 Å². The summed E-state index contributed by atoms with van der Waals surface area (Å²) in [6.45, 7) is 10.5. The largest absolute Gasteiger partial charge is 0.465 e. The molecule has 4 atom stereocenters. The Labute approximate surface area is 139 Å². The lowest BCUT2D eigenvalue weighted by Crippen LogP contribution is -2.47. The molecule has 1 unspecified atom stereocenters. The van der Waals surface area contributed by atoms with Crippen molar-refractivity contribution in [1.82, 2.24) is 9.80 Å². The smallest absolute Gasteiger partial charge is 0.407 e. The number of benzene rings is 1. The van der Waals surface area contributed by atoms with Gasteiger partial charge in [0, 0.05) is 31.2 Å². The summed E-state index contributed by atoms with van der Waals surface area (Å²) in [5, 5.41) is 9.34. The number of likely N-dealkylation sites (tertiary alicyclic amines) is 2. The van der Waals surface area contributed by atoms with Crippen LogP contribution in [0.1, 0.15) is 45.7 Å². The minimum Gasteiger partial charge on any atom is -0.465 e. The molecule has 0 saturated carbocycles. The molecule has 4 heteroatoms. The Hall–Kier alpha value is -1.55. The first-order chi connectivity index (χ1) is 10.8. The van der Waals surface area contributed by atoms with Crippen LogP contribution in [0.2, 0.25) is 0 Å². The first-order valence-corrected chi connectivity index (χ1v) is 8.59. The summed E-state index contributed by atoms with van der Waals surface area (Å²) in [6.07, 6.45) is 0.314. The van der Waals surface area contributed by atoms with Gasteiger partial charge in [-0.2, -0.15) is 0 Å². The van der Waals surface area contributed by atoms with Crippen molar-refractivity contribution < 1.29 is 9.90 Å². The maximum absolute atomic E-state index is 11.4. The first-order valence-electron chi connectivity index (χ1n) is 8.59. The molecule has 0 spiro atoms. The van der Waals surface area contributed by atoms with Gasteiger partial charge in [0.05, 0.1) is 0 Å². The van der Waals surface area contributed by atoms with Crippen LogP contribution in [0, 0.1) is 11.3 Å². The number of fused-ring (bicyclic) bond motifs is 1. The van der Waals surface area contributed by atoms with Gasteiger partial charge in [0.25, 0.3) is 0 Å². The van der Waals surface area contributed by atoms with Gasteiger partial charge in [0.1, 0.15) is 0 Å². The molecule has 2 fully saturated rings. The number of carbonyl (C=O) groups is 1. The van der Waals surface area contributed by atoms with Crippen LogP contribution in [0.5, 0.6) is 0 Å². The highest BCUT2D eigenvalue weighted by molar-refractivity contribution is 5.65. The standard InChI is InChI=1S/C19H28N2O2/c1-13(14-8-6-5-7-9-14)21-16-12-20(18(22)23)11-15(16)10-17(21)19(2,3)4/h5-9,13,15-17H,10-12H2,1-4H3,(H,22,23)/t13-,15-,16+,17?/m1/s1. The van der Waals surface area contributed by atoms with E-state index in [-0.39, 0.29) is 5.41 Å². The Kier molecular flexibility index (Phi) is 4.13. The number of hydrogen-bond acceptors (Lipinski definition) is 2. The summed E-state index contributed by atoms with van der Waals surface area (Å²) in [6, 6.07) is 11.7. The number of hydrogen-bond donors (Lipinski definition) is 1. The van der Waals surface area contributed by atoms with E-state index in [1.807, 2.05) is 6.07 Å². The molecule has 1 N–H and O–H groups in total. The quantitative estimate of drug-likeness (QED) is 0.901. The second-order valence-corrected chi connectivity index (χ2v) is 8.17. The highest BCUT2D eigenvalue weighted by atomic mass is 16.4. The third-order valence-corrected chi connectivity index (χ3v) is 5.67. The van der Waals surface area contributed by atoms with Crippen LogP contribution in [0.25, 0.3) is 0 Å². The van der Waals surface area contributed by atoms with Crippen LogP contribution in [0.4, 0.5) is 4.79 Å². The van der Waals surface area contributed by atoms with Crippen LogP contribution < -0.4 is 0 Å². The fourth-order valence-corrected chi connectivity index (χ4v) is 4.48. The van der Waals surface area contributed by atoms with Gasteiger partial charge in [-0.15, -0.1) is 0 Å². The van der Waals surface area contributed by atoms with E-state index in [0.717, 1.165) is 6.42 Å². The average molecular weight is 316 g/mol. The Morgan fingerprint density at radius 1 is 1.22 bits per heavy atom. The van der Waals surface area contributed by atoms with Crippen molar-refractivity contribution in [3.05, 3.63) is 35.9 Å². The van der Waals surface area contributed by atoms with Crippen LogP contribution in [0.15, 0.2) is 30.3 Å². The third-order valence-electron chi connectivity index (χ3n) is 5.67. The van der Waals surface area contributed by atoms with Crippen molar-refractivity contribution in [3.8, 4) is 0 Å². The molecule has 126 valence electrons. The zero-order valence-electron chi connectivity index (χ0n) is 14.6. The first kappa shape index (κ1) is 16.3. The normalized spacial score (nSPS) is 29.6. The maximum atomic E-state index is 11.4. The zero-order chi connectivity index (χ0) is 16.8. The number of amides is 1. The molecular weight excluding hydrogens is 288 g/mol. The monoisotopic (exact) mass is 316 g/mol. The summed E-state index contributed by atoms with van der Waals surface area (Å²) in [7, 11) is 0. The molecule has 2 heterocycles. The fraction of sp³-hybridized carbons (Fsp3) is 0.632. The topological polar surface area (TPSA) is 43.8 Å². The predicted octanol–water partition coefficient (Wildman–Crippen LogP) is 3.85. The summed E-state index contributed by atoms with van der Waals surface area (Å²) in [5.41, 5.74) is 1.51. The van der Waals surface area contributed by atoms with E-state index in [9.17, 15) is 9.90 Å². The van der Waals surface area contributed by atoms with E-state index in [0.29, 0.717) is 37.1 Å². The molecule has 2 aliphatic rings. The molecule has 23 heavy (non-hydrogen) atoms. The van der Waals surface area contributed by atoms with E-state index in [2.05, 4.69) is 56.9 Å². The Morgan fingerprint density at radius 2 is 1.87 bits per heavy atom. The lowest BCUT2D eigenvalue weighted by Gasteiger charge is -2.42. The maximum Gasteiger partial charge on any atom is 0.407 e. The molecular formula is C19H28N2O2. The van der Waals surface area contributed by atoms with Crippen molar-refractivity contribution in [2.75, 3.05) is 13.1 Å². The van der Waals surface area contributed by atoms with Crippen LogP contribution in [-0.4, -0.2) is 46.2 Å². The second-order valence-electron chi connectivity index (χ2n) is 8.17. The predicted molar refractivity (Wildman–Crippen MR) is 91.4 cm³/mol. The molecule has 3 rings (SSSR count). The molecule has 2 aliphatic heterocycles. The molecule has 1 amide bonds. The van der Waals surface area contributed by atoms with Gasteiger partial charge in [0.2, 0.25) is 0 Å². The molecule has 0 radical (unpaired) electrons. The Bertz CT molecular complexity index is 566. The van der Waals surface area contributed by atoms with E-state index < -0.39 is 6.09 Å². The lowest BCUT2D eigenvalue weighted by molar-refractivity contribution is 0.0629. The molecule has 1 aromatic carbocycles. The summed E-state index contributed by atoms with van der Waals surface area (Å²) >= 11 is 0. The van der Waals surface area contributed by atoms with Crippen LogP contribution in [0.3, 0.4) is 0 Å². The molecule has 2 saturated heterocycles. The van der Waals surface area contributed by atoms with Crippen molar-refractivity contribution in [2.24, 2.45) is 11.3 Å². The second kappa shape index (κ2) is 5.82. The zero-order valence-corrected chi connectivity index (χ0v) is 14.6. The van der Waals surface area contributed by atoms with Gasteiger partial charge >= 0.3 is 6.09 Å². The molecule has 1 aromatic rings. The minimum atomic E-state index is -0.779. The van der Waals surface area contributed by atoms with Crippen LogP contribution >= 0.6 is 0 Å². The Balaban J connectivity index is 1.90. The SMILES string of the molecule is C[C@H](c1ccccc1)N1C(C(C)(C)C)C[C@@H]2CN(C(=O)O)C[C@@H]21. The molecule has 0 bridgehead atoms. The van der Waals surface area contributed by atoms with Crippen LogP contribution in [-0.2, 0) is 0 Å². The van der Waals surface area contributed by atoms with Gasteiger partial charge in [-0.25, -0.2) is 4.79 Å². The van der Waals surface area contributed by atoms with Crippen molar-refractivity contribution in [2.45, 2.75) is 52.2 Å². The van der Waals surface area contributed by atoms with Crippen molar-refractivity contribution >= 4 is 6.09 Å². The molecule has 4 nitrogen and oxygen atoms in total. The van der Waals surface area contributed by atoms with E-state index in [1.165, 1.54) is 5.56 Å². The number of carboxylic acid groups (broad SMARTS) is 1. The van der Waals surface area contributed by atoms with E-state index >= 15 is 0 Å². The van der Waals surface area contributed by atoms with Gasteiger partial charge in [-0.3, -0.25) is 4.90 Å². The summed E-state index contributed by atoms with van der Waals surface area (Å²) in [4.78, 5) is 15.6.